The van der Waals surface area contributed by atoms with Crippen molar-refractivity contribution in [2.75, 3.05) is 19.5 Å². The van der Waals surface area contributed by atoms with Crippen LogP contribution in [0.4, 0.5) is 0 Å². The van der Waals surface area contributed by atoms with Gasteiger partial charge in [-0.25, -0.2) is 8.42 Å². The molecule has 21 heavy (non-hydrogen) atoms. The number of benzene rings is 1. The van der Waals surface area contributed by atoms with Gasteiger partial charge in [-0.05, 0) is 47.5 Å². The van der Waals surface area contributed by atoms with Crippen molar-refractivity contribution in [1.29, 1.82) is 0 Å². The third-order valence-corrected chi connectivity index (χ3v) is 6.40. The van der Waals surface area contributed by atoms with Crippen molar-refractivity contribution in [2.24, 2.45) is 0 Å². The standard InChI is InChI=1S/C14H17BrO5S/c1-9-14(5-6-20-9)21(17,18)8-12(16)10-3-4-13(19-2)11(15)7-10/h3-4,7,9,14H,5-6,8H2,1-2H3. The molecule has 0 aromatic heterocycles. The maximum Gasteiger partial charge on any atom is 0.177 e. The lowest BCUT2D eigenvalue weighted by Gasteiger charge is -2.14. The number of halogens is 1. The Morgan fingerprint density at radius 2 is 2.19 bits per heavy atom. The van der Waals surface area contributed by atoms with Crippen LogP contribution in [-0.2, 0) is 14.6 Å². The molecule has 2 atom stereocenters. The van der Waals surface area contributed by atoms with Crippen molar-refractivity contribution in [3.63, 3.8) is 0 Å². The zero-order chi connectivity index (χ0) is 15.6. The Bertz CT molecular complexity index is 641. The normalized spacial score (nSPS) is 22.2. The van der Waals surface area contributed by atoms with Gasteiger partial charge in [0.25, 0.3) is 0 Å². The summed E-state index contributed by atoms with van der Waals surface area (Å²) in [7, 11) is -1.98. The van der Waals surface area contributed by atoms with Crippen LogP contribution in [0, 0.1) is 0 Å². The second kappa shape index (κ2) is 6.46. The van der Waals surface area contributed by atoms with E-state index in [4.69, 9.17) is 9.47 Å². The van der Waals surface area contributed by atoms with Gasteiger partial charge in [0.1, 0.15) is 11.5 Å². The molecule has 0 aliphatic carbocycles. The fraction of sp³-hybridized carbons (Fsp3) is 0.500. The first kappa shape index (κ1) is 16.5. The molecule has 1 aromatic rings. The molecule has 1 aliphatic heterocycles. The number of ether oxygens (including phenoxy) is 2. The summed E-state index contributed by atoms with van der Waals surface area (Å²) in [6.45, 7) is 2.15. The quantitative estimate of drug-likeness (QED) is 0.736. The second-order valence-corrected chi connectivity index (χ2v) is 8.06. The Balaban J connectivity index is 2.16. The van der Waals surface area contributed by atoms with E-state index < -0.39 is 26.6 Å². The SMILES string of the molecule is COc1ccc(C(=O)CS(=O)(=O)C2CCOC2C)cc1Br. The molecule has 0 radical (unpaired) electrons. The van der Waals surface area contributed by atoms with Crippen LogP contribution in [0.2, 0.25) is 0 Å². The van der Waals surface area contributed by atoms with Crippen molar-refractivity contribution in [3.8, 4) is 5.75 Å². The van der Waals surface area contributed by atoms with Crippen LogP contribution in [0.5, 0.6) is 5.75 Å². The molecule has 5 nitrogen and oxygen atoms in total. The lowest BCUT2D eigenvalue weighted by molar-refractivity contribution is 0.102. The van der Waals surface area contributed by atoms with E-state index in [1.54, 1.807) is 25.1 Å². The first-order valence-electron chi connectivity index (χ1n) is 6.55. The number of Topliss-reactive ketones (excluding diaryl/α,β-unsaturated/α-hetero) is 1. The molecule has 0 bridgehead atoms. The van der Waals surface area contributed by atoms with Crippen LogP contribution in [-0.4, -0.2) is 45.0 Å². The summed E-state index contributed by atoms with van der Waals surface area (Å²) in [5.41, 5.74) is 0.345. The fourth-order valence-corrected chi connectivity index (χ4v) is 4.80. The van der Waals surface area contributed by atoms with Crippen molar-refractivity contribution in [1.82, 2.24) is 0 Å². The van der Waals surface area contributed by atoms with Gasteiger partial charge in [0.15, 0.2) is 15.6 Å². The maximum atomic E-state index is 12.3. The molecule has 7 heteroatoms. The lowest BCUT2D eigenvalue weighted by Crippen LogP contribution is -2.32. The van der Waals surface area contributed by atoms with E-state index in [0.29, 0.717) is 28.8 Å². The van der Waals surface area contributed by atoms with Crippen molar-refractivity contribution in [2.45, 2.75) is 24.7 Å². The highest BCUT2D eigenvalue weighted by Crippen LogP contribution is 2.27. The number of carbonyl (C=O) groups excluding carboxylic acids is 1. The van der Waals surface area contributed by atoms with Crippen LogP contribution >= 0.6 is 15.9 Å². The second-order valence-electron chi connectivity index (χ2n) is 4.98. The first-order chi connectivity index (χ1) is 9.85. The van der Waals surface area contributed by atoms with Gasteiger partial charge in [0.2, 0.25) is 0 Å². The summed E-state index contributed by atoms with van der Waals surface area (Å²) >= 11 is 3.28. The third-order valence-electron chi connectivity index (χ3n) is 3.57. The lowest BCUT2D eigenvalue weighted by atomic mass is 10.1. The molecule has 1 heterocycles. The molecule has 0 saturated carbocycles. The fourth-order valence-electron chi connectivity index (χ4n) is 2.40. The number of sulfone groups is 1. The van der Waals surface area contributed by atoms with E-state index in [2.05, 4.69) is 15.9 Å². The highest BCUT2D eigenvalue weighted by molar-refractivity contribution is 9.10. The number of hydrogen-bond acceptors (Lipinski definition) is 5. The monoisotopic (exact) mass is 376 g/mol. The highest BCUT2D eigenvalue weighted by Gasteiger charge is 2.37. The van der Waals surface area contributed by atoms with Crippen LogP contribution < -0.4 is 4.74 Å². The molecule has 0 spiro atoms. The van der Waals surface area contributed by atoms with E-state index >= 15 is 0 Å². The number of ketones is 1. The van der Waals surface area contributed by atoms with Gasteiger partial charge in [-0.3, -0.25) is 4.79 Å². The van der Waals surface area contributed by atoms with Crippen molar-refractivity contribution >= 4 is 31.6 Å². The van der Waals surface area contributed by atoms with Gasteiger partial charge in [0, 0.05) is 12.2 Å². The summed E-state index contributed by atoms with van der Waals surface area (Å²) in [6, 6.07) is 4.77. The van der Waals surface area contributed by atoms with E-state index in [9.17, 15) is 13.2 Å². The minimum Gasteiger partial charge on any atom is -0.496 e. The molecule has 2 unspecified atom stereocenters. The van der Waals surface area contributed by atoms with Gasteiger partial charge in [-0.2, -0.15) is 0 Å². The molecule has 0 N–H and O–H groups in total. The topological polar surface area (TPSA) is 69.7 Å². The average Bonchev–Trinajstić information content (AvgIpc) is 2.85. The minimum absolute atomic E-state index is 0.345. The Kier molecular flexibility index (Phi) is 5.06. The van der Waals surface area contributed by atoms with Gasteiger partial charge < -0.3 is 9.47 Å². The zero-order valence-electron chi connectivity index (χ0n) is 11.8. The number of methoxy groups -OCH3 is 1. The average molecular weight is 377 g/mol. The molecule has 1 aromatic carbocycles. The summed E-state index contributed by atoms with van der Waals surface area (Å²) in [5.74, 6) is -0.325. The molecule has 2 rings (SSSR count). The summed E-state index contributed by atoms with van der Waals surface area (Å²) < 4.78 is 35.6. The number of hydrogen-bond donors (Lipinski definition) is 0. The van der Waals surface area contributed by atoms with Crippen LogP contribution in [0.15, 0.2) is 22.7 Å². The first-order valence-corrected chi connectivity index (χ1v) is 9.06. The van der Waals surface area contributed by atoms with Gasteiger partial charge >= 0.3 is 0 Å². The van der Waals surface area contributed by atoms with Gasteiger partial charge in [-0.1, -0.05) is 0 Å². The molecule has 0 amide bonds. The third kappa shape index (κ3) is 3.64. The van der Waals surface area contributed by atoms with E-state index in [1.807, 2.05) is 0 Å². The van der Waals surface area contributed by atoms with Gasteiger partial charge in [0.05, 0.1) is 22.9 Å². The van der Waals surface area contributed by atoms with Crippen LogP contribution in [0.1, 0.15) is 23.7 Å². The molecule has 1 fully saturated rings. The Morgan fingerprint density at radius 1 is 1.48 bits per heavy atom. The molecule has 1 saturated heterocycles. The number of carbonyl (C=O) groups is 1. The zero-order valence-corrected chi connectivity index (χ0v) is 14.2. The summed E-state index contributed by atoms with van der Waals surface area (Å²) in [4.78, 5) is 12.2. The van der Waals surface area contributed by atoms with Crippen molar-refractivity contribution in [3.05, 3.63) is 28.2 Å². The van der Waals surface area contributed by atoms with E-state index in [-0.39, 0.29) is 6.10 Å². The van der Waals surface area contributed by atoms with E-state index in [0.717, 1.165) is 0 Å². The predicted molar refractivity (Wildman–Crippen MR) is 82.6 cm³/mol. The van der Waals surface area contributed by atoms with Crippen LogP contribution in [0.25, 0.3) is 0 Å². The predicted octanol–water partition coefficient (Wildman–Crippen LogP) is 2.23. The van der Waals surface area contributed by atoms with E-state index in [1.165, 1.54) is 7.11 Å². The molecule has 116 valence electrons. The Hall–Kier alpha value is -0.920. The Labute approximate surface area is 132 Å². The maximum absolute atomic E-state index is 12.3. The number of rotatable bonds is 5. The molecule has 1 aliphatic rings. The summed E-state index contributed by atoms with van der Waals surface area (Å²) in [6.07, 6.45) is 0.0914. The highest BCUT2D eigenvalue weighted by atomic mass is 79.9. The molecular weight excluding hydrogens is 360 g/mol. The minimum atomic E-state index is -3.51. The smallest absolute Gasteiger partial charge is 0.177 e. The van der Waals surface area contributed by atoms with Crippen molar-refractivity contribution < 1.29 is 22.7 Å². The van der Waals surface area contributed by atoms with Gasteiger partial charge in [-0.15, -0.1) is 0 Å². The Morgan fingerprint density at radius 3 is 2.71 bits per heavy atom. The largest absolute Gasteiger partial charge is 0.496 e. The summed E-state index contributed by atoms with van der Waals surface area (Å²) in [5, 5.41) is -0.594. The van der Waals surface area contributed by atoms with Crippen LogP contribution in [0.3, 0.4) is 0 Å². The molecular formula is C14H17BrO5S.